The van der Waals surface area contributed by atoms with Gasteiger partial charge in [0.15, 0.2) is 0 Å². The normalized spacial score (nSPS) is 10.1. The third-order valence-electron chi connectivity index (χ3n) is 1.91. The number of hydrogen-bond acceptors (Lipinski definition) is 4. The van der Waals surface area contributed by atoms with Gasteiger partial charge in [0.2, 0.25) is 0 Å². The number of fused-ring (bicyclic) bond motifs is 1. The zero-order valence-electron chi connectivity index (χ0n) is 8.03. The fraction of sp³-hybridized carbons (Fsp3) is 0.200. The maximum absolute atomic E-state index is 11.4. The van der Waals surface area contributed by atoms with Crippen LogP contribution in [0.5, 0.6) is 0 Å². The quantitative estimate of drug-likeness (QED) is 0.789. The van der Waals surface area contributed by atoms with Crippen LogP contribution in [0.2, 0.25) is 0 Å². The fourth-order valence-electron chi connectivity index (χ4n) is 1.30. The van der Waals surface area contributed by atoms with E-state index in [2.05, 4.69) is 11.1 Å². The number of nitrogens with one attached hydrogen (secondary N) is 1. The molecule has 4 nitrogen and oxygen atoms in total. The zero-order valence-corrected chi connectivity index (χ0v) is 8.85. The van der Waals surface area contributed by atoms with Gasteiger partial charge in [0, 0.05) is 0 Å². The van der Waals surface area contributed by atoms with Gasteiger partial charge in [-0.2, -0.15) is 5.26 Å². The Hall–Kier alpha value is -1.80. The molecular formula is C10H8N2O2S. The highest BCUT2D eigenvalue weighted by atomic mass is 32.1. The number of esters is 1. The number of rotatable bonds is 2. The Labute approximate surface area is 90.1 Å². The van der Waals surface area contributed by atoms with Crippen molar-refractivity contribution in [3.8, 4) is 6.07 Å². The first-order valence-electron chi connectivity index (χ1n) is 4.44. The Morgan fingerprint density at radius 1 is 1.67 bits per heavy atom. The molecule has 5 heteroatoms. The monoisotopic (exact) mass is 220 g/mol. The van der Waals surface area contributed by atoms with Crippen LogP contribution in [0, 0.1) is 11.3 Å². The fourth-order valence-corrected chi connectivity index (χ4v) is 2.15. The summed E-state index contributed by atoms with van der Waals surface area (Å²) in [5.41, 5.74) is 1.24. The van der Waals surface area contributed by atoms with Gasteiger partial charge in [-0.1, -0.05) is 0 Å². The van der Waals surface area contributed by atoms with E-state index in [0.717, 1.165) is 10.2 Å². The van der Waals surface area contributed by atoms with Crippen molar-refractivity contribution in [2.24, 2.45) is 0 Å². The minimum Gasteiger partial charge on any atom is -0.461 e. The maximum Gasteiger partial charge on any atom is 0.354 e. The van der Waals surface area contributed by atoms with Crippen molar-refractivity contribution in [2.45, 2.75) is 6.92 Å². The molecule has 0 saturated heterocycles. The summed E-state index contributed by atoms with van der Waals surface area (Å²) in [7, 11) is 0. The smallest absolute Gasteiger partial charge is 0.354 e. The highest BCUT2D eigenvalue weighted by Crippen LogP contribution is 2.25. The molecular weight excluding hydrogens is 212 g/mol. The standard InChI is InChI=1S/C10H8N2O2S/c1-2-14-10(13)8-4-9-7(12-8)3-6(5-11)15-9/h3-4,12H,2H2,1H3. The molecule has 2 aromatic rings. The van der Waals surface area contributed by atoms with Gasteiger partial charge in [0.1, 0.15) is 16.6 Å². The van der Waals surface area contributed by atoms with Crippen molar-refractivity contribution in [3.05, 3.63) is 22.7 Å². The number of nitriles is 1. The minimum absolute atomic E-state index is 0.356. The van der Waals surface area contributed by atoms with E-state index in [4.69, 9.17) is 10.00 Å². The molecule has 2 aromatic heterocycles. The SMILES string of the molecule is CCOC(=O)c1cc2sc(C#N)cc2[nH]1. The van der Waals surface area contributed by atoms with Crippen molar-refractivity contribution >= 4 is 27.5 Å². The van der Waals surface area contributed by atoms with Crippen molar-refractivity contribution in [2.75, 3.05) is 6.61 Å². The molecule has 0 amide bonds. The first-order valence-corrected chi connectivity index (χ1v) is 5.26. The molecule has 0 aliphatic heterocycles. The van der Waals surface area contributed by atoms with E-state index in [0.29, 0.717) is 17.2 Å². The lowest BCUT2D eigenvalue weighted by molar-refractivity contribution is 0.0520. The lowest BCUT2D eigenvalue weighted by Gasteiger charge is -1.96. The number of H-pyrrole nitrogens is 1. The van der Waals surface area contributed by atoms with Gasteiger partial charge in [-0.15, -0.1) is 11.3 Å². The molecule has 0 bridgehead atoms. The Balaban J connectivity index is 2.37. The lowest BCUT2D eigenvalue weighted by Crippen LogP contribution is -2.04. The summed E-state index contributed by atoms with van der Waals surface area (Å²) in [5.74, 6) is -0.362. The largest absolute Gasteiger partial charge is 0.461 e. The number of aromatic nitrogens is 1. The highest BCUT2D eigenvalue weighted by Gasteiger charge is 2.12. The molecule has 0 spiro atoms. The summed E-state index contributed by atoms with van der Waals surface area (Å²) >= 11 is 1.35. The van der Waals surface area contributed by atoms with Crippen LogP contribution in [0.25, 0.3) is 10.2 Å². The van der Waals surface area contributed by atoms with Crippen molar-refractivity contribution in [3.63, 3.8) is 0 Å². The first kappa shape index (κ1) is 9.74. The van der Waals surface area contributed by atoms with E-state index in [9.17, 15) is 4.79 Å². The van der Waals surface area contributed by atoms with Crippen LogP contribution >= 0.6 is 11.3 Å². The van der Waals surface area contributed by atoms with Crippen molar-refractivity contribution in [1.29, 1.82) is 5.26 Å². The van der Waals surface area contributed by atoms with E-state index in [1.54, 1.807) is 19.1 Å². The molecule has 0 fully saturated rings. The molecule has 15 heavy (non-hydrogen) atoms. The van der Waals surface area contributed by atoms with Gasteiger partial charge < -0.3 is 9.72 Å². The van der Waals surface area contributed by atoms with Gasteiger partial charge in [0.25, 0.3) is 0 Å². The Kier molecular flexibility index (Phi) is 2.44. The summed E-state index contributed by atoms with van der Waals surface area (Å²) in [6.45, 7) is 2.12. The van der Waals surface area contributed by atoms with Crippen LogP contribution in [0.1, 0.15) is 22.3 Å². The van der Waals surface area contributed by atoms with Gasteiger partial charge in [-0.05, 0) is 19.1 Å². The molecule has 1 N–H and O–H groups in total. The average molecular weight is 220 g/mol. The lowest BCUT2D eigenvalue weighted by atomic mass is 10.4. The van der Waals surface area contributed by atoms with Crippen LogP contribution in [0.15, 0.2) is 12.1 Å². The molecule has 76 valence electrons. The molecule has 0 radical (unpaired) electrons. The summed E-state index contributed by atoms with van der Waals surface area (Å²) in [6, 6.07) is 5.49. The molecule has 0 saturated carbocycles. The molecule has 2 rings (SSSR count). The Morgan fingerprint density at radius 3 is 3.07 bits per heavy atom. The summed E-state index contributed by atoms with van der Waals surface area (Å²) < 4.78 is 5.75. The molecule has 0 aromatic carbocycles. The number of hydrogen-bond donors (Lipinski definition) is 1. The van der Waals surface area contributed by atoms with E-state index in [1.165, 1.54) is 11.3 Å². The number of carbonyl (C=O) groups is 1. The molecule has 0 atom stereocenters. The third-order valence-corrected chi connectivity index (χ3v) is 2.90. The van der Waals surface area contributed by atoms with Gasteiger partial charge in [0.05, 0.1) is 16.8 Å². The second kappa shape index (κ2) is 3.75. The molecule has 0 unspecified atom stereocenters. The number of aromatic amines is 1. The van der Waals surface area contributed by atoms with Crippen LogP contribution in [-0.2, 0) is 4.74 Å². The van der Waals surface area contributed by atoms with Crippen molar-refractivity contribution in [1.82, 2.24) is 4.98 Å². The Bertz CT molecular complexity index is 516. The summed E-state index contributed by atoms with van der Waals surface area (Å²) in [5, 5.41) is 8.67. The third kappa shape index (κ3) is 1.72. The van der Waals surface area contributed by atoms with Gasteiger partial charge in [-0.25, -0.2) is 4.79 Å². The number of ether oxygens (including phenoxy) is 1. The van der Waals surface area contributed by atoms with Crippen LogP contribution in [0.4, 0.5) is 0 Å². The average Bonchev–Trinajstić information content (AvgIpc) is 2.74. The summed E-state index contributed by atoms with van der Waals surface area (Å²) in [6.07, 6.45) is 0. The van der Waals surface area contributed by atoms with Crippen molar-refractivity contribution < 1.29 is 9.53 Å². The topological polar surface area (TPSA) is 65.9 Å². The van der Waals surface area contributed by atoms with Gasteiger partial charge >= 0.3 is 5.97 Å². The molecule has 2 heterocycles. The van der Waals surface area contributed by atoms with Gasteiger partial charge in [-0.3, -0.25) is 0 Å². The molecule has 0 aliphatic carbocycles. The Morgan fingerprint density at radius 2 is 2.47 bits per heavy atom. The van der Waals surface area contributed by atoms with Crippen LogP contribution in [-0.4, -0.2) is 17.6 Å². The number of nitrogens with zero attached hydrogens (tertiary/aromatic N) is 1. The first-order chi connectivity index (χ1) is 7.24. The predicted molar refractivity (Wildman–Crippen MR) is 56.8 cm³/mol. The van der Waals surface area contributed by atoms with E-state index >= 15 is 0 Å². The summed E-state index contributed by atoms with van der Waals surface area (Å²) in [4.78, 5) is 14.9. The second-order valence-corrected chi connectivity index (χ2v) is 3.99. The predicted octanol–water partition coefficient (Wildman–Crippen LogP) is 2.28. The van der Waals surface area contributed by atoms with E-state index < -0.39 is 0 Å². The number of carbonyl (C=O) groups excluding carboxylic acids is 1. The molecule has 0 aliphatic rings. The number of thiophene rings is 1. The van der Waals surface area contributed by atoms with E-state index in [-0.39, 0.29) is 5.97 Å². The van der Waals surface area contributed by atoms with Crippen LogP contribution in [0.3, 0.4) is 0 Å². The maximum atomic E-state index is 11.4. The highest BCUT2D eigenvalue weighted by molar-refractivity contribution is 7.19. The second-order valence-electron chi connectivity index (χ2n) is 2.90. The zero-order chi connectivity index (χ0) is 10.8. The minimum atomic E-state index is -0.362. The van der Waals surface area contributed by atoms with E-state index in [1.807, 2.05) is 0 Å². The van der Waals surface area contributed by atoms with Crippen LogP contribution < -0.4 is 0 Å².